The van der Waals surface area contributed by atoms with E-state index in [0.29, 0.717) is 5.95 Å². The fraction of sp³-hybridized carbons (Fsp3) is 0.125. The van der Waals surface area contributed by atoms with Gasteiger partial charge in [-0.15, -0.1) is 0 Å². The Bertz CT molecular complexity index is 920. The van der Waals surface area contributed by atoms with Crippen molar-refractivity contribution in [3.05, 3.63) is 54.1 Å². The molecule has 0 fully saturated rings. The first-order valence-corrected chi connectivity index (χ1v) is 7.24. The van der Waals surface area contributed by atoms with Gasteiger partial charge < -0.3 is 10.5 Å². The number of aromatic nitrogens is 2. The summed E-state index contributed by atoms with van der Waals surface area (Å²) >= 11 is 0. The third kappa shape index (κ3) is 2.41. The Balaban J connectivity index is 1.79. The van der Waals surface area contributed by atoms with E-state index < -0.39 is 12.8 Å². The Morgan fingerprint density at radius 1 is 1.12 bits per heavy atom. The number of hydrogen-bond acceptors (Lipinski definition) is 5. The Morgan fingerprint density at radius 2 is 1.88 bits per heavy atom. The minimum atomic E-state index is -2.85. The molecule has 24 heavy (non-hydrogen) atoms. The van der Waals surface area contributed by atoms with Crippen molar-refractivity contribution in [2.75, 3.05) is 5.32 Å². The van der Waals surface area contributed by atoms with E-state index in [1.54, 1.807) is 12.1 Å². The van der Waals surface area contributed by atoms with Crippen LogP contribution in [0.15, 0.2) is 53.5 Å². The average Bonchev–Trinajstić information content (AvgIpc) is 2.92. The second-order valence-electron chi connectivity index (χ2n) is 5.25. The zero-order chi connectivity index (χ0) is 16.7. The molecule has 0 spiro atoms. The van der Waals surface area contributed by atoms with Gasteiger partial charge in [0, 0.05) is 0 Å². The van der Waals surface area contributed by atoms with E-state index in [2.05, 4.69) is 20.0 Å². The smallest absolute Gasteiger partial charge is 0.387 e. The molecule has 3 N–H and O–H groups in total. The number of nitrogens with zero attached hydrogens (tertiary/aromatic N) is 3. The predicted molar refractivity (Wildman–Crippen MR) is 86.2 cm³/mol. The molecule has 0 amide bonds. The van der Waals surface area contributed by atoms with E-state index in [4.69, 9.17) is 5.73 Å². The molecule has 1 atom stereocenters. The molecule has 1 aromatic heterocycles. The van der Waals surface area contributed by atoms with E-state index in [-0.39, 0.29) is 11.7 Å². The summed E-state index contributed by atoms with van der Waals surface area (Å²) in [7, 11) is 0. The number of nitrogens with two attached hydrogens (primary N) is 1. The maximum atomic E-state index is 12.3. The van der Waals surface area contributed by atoms with Gasteiger partial charge in [0.2, 0.25) is 5.95 Å². The van der Waals surface area contributed by atoms with Gasteiger partial charge in [0.05, 0.1) is 11.0 Å². The van der Waals surface area contributed by atoms with Gasteiger partial charge in [-0.2, -0.15) is 8.78 Å². The van der Waals surface area contributed by atoms with Gasteiger partial charge in [0.1, 0.15) is 5.75 Å². The van der Waals surface area contributed by atoms with Crippen LogP contribution >= 0.6 is 0 Å². The Labute approximate surface area is 135 Å². The van der Waals surface area contributed by atoms with Crippen molar-refractivity contribution in [3.63, 3.8) is 0 Å². The van der Waals surface area contributed by atoms with Crippen LogP contribution in [0.5, 0.6) is 5.75 Å². The SMILES string of the molecule is NC1=NC(c2ccc(OC(F)F)cc2)n2c(nc3ccccc32)N1. The molecule has 3 aromatic rings. The predicted octanol–water partition coefficient (Wildman–Crippen LogP) is 2.92. The summed E-state index contributed by atoms with van der Waals surface area (Å²) in [5.74, 6) is 0.924. The van der Waals surface area contributed by atoms with E-state index in [9.17, 15) is 8.78 Å². The lowest BCUT2D eigenvalue weighted by atomic mass is 10.1. The molecular weight excluding hydrogens is 316 g/mol. The van der Waals surface area contributed by atoms with E-state index in [1.807, 2.05) is 28.8 Å². The fourth-order valence-corrected chi connectivity index (χ4v) is 2.76. The highest BCUT2D eigenvalue weighted by molar-refractivity contribution is 5.94. The maximum Gasteiger partial charge on any atom is 0.387 e. The number of hydrogen-bond donors (Lipinski definition) is 2. The molecule has 6 nitrogen and oxygen atoms in total. The molecule has 0 radical (unpaired) electrons. The molecule has 2 heterocycles. The second-order valence-corrected chi connectivity index (χ2v) is 5.25. The second kappa shape index (κ2) is 5.48. The standard InChI is InChI=1S/C16H13F2N5O/c17-14(18)24-10-7-5-9(6-8-10)13-21-15(19)22-16-20-11-3-1-2-4-12(11)23(13)16/h1-8,13-14H,(H3,19,20,21,22). The highest BCUT2D eigenvalue weighted by atomic mass is 19.3. The van der Waals surface area contributed by atoms with Crippen molar-refractivity contribution in [1.82, 2.24) is 9.55 Å². The maximum absolute atomic E-state index is 12.3. The molecule has 0 aliphatic carbocycles. The molecular formula is C16H13F2N5O. The molecule has 0 saturated heterocycles. The third-order valence-electron chi connectivity index (χ3n) is 3.75. The molecule has 1 aliphatic heterocycles. The number of alkyl halides is 2. The van der Waals surface area contributed by atoms with Gasteiger partial charge in [0.15, 0.2) is 12.1 Å². The lowest BCUT2D eigenvalue weighted by Gasteiger charge is -2.23. The van der Waals surface area contributed by atoms with E-state index in [1.165, 1.54) is 12.1 Å². The van der Waals surface area contributed by atoms with Crippen LogP contribution < -0.4 is 15.8 Å². The zero-order valence-electron chi connectivity index (χ0n) is 12.4. The Kier molecular flexibility index (Phi) is 3.30. The van der Waals surface area contributed by atoms with Gasteiger partial charge >= 0.3 is 6.61 Å². The summed E-state index contributed by atoms with van der Waals surface area (Å²) in [6.45, 7) is -2.85. The van der Waals surface area contributed by atoms with Gasteiger partial charge in [-0.05, 0) is 29.8 Å². The number of nitrogens with one attached hydrogen (secondary N) is 1. The number of fused-ring (bicyclic) bond motifs is 3. The van der Waals surface area contributed by atoms with Crippen LogP contribution in [0.2, 0.25) is 0 Å². The first-order chi connectivity index (χ1) is 11.6. The van der Waals surface area contributed by atoms with Crippen LogP contribution in [0, 0.1) is 0 Å². The van der Waals surface area contributed by atoms with Crippen LogP contribution in [0.4, 0.5) is 14.7 Å². The minimum Gasteiger partial charge on any atom is -0.435 e. The number of guanidine groups is 1. The number of imidazole rings is 1. The number of para-hydroxylation sites is 2. The van der Waals surface area contributed by atoms with Gasteiger partial charge in [-0.3, -0.25) is 9.88 Å². The van der Waals surface area contributed by atoms with Gasteiger partial charge in [0.25, 0.3) is 0 Å². The van der Waals surface area contributed by atoms with Crippen LogP contribution in [-0.2, 0) is 0 Å². The number of benzene rings is 2. The lowest BCUT2D eigenvalue weighted by molar-refractivity contribution is -0.0498. The summed E-state index contributed by atoms with van der Waals surface area (Å²) < 4.78 is 30.8. The van der Waals surface area contributed by atoms with Crippen molar-refractivity contribution in [1.29, 1.82) is 0 Å². The van der Waals surface area contributed by atoms with E-state index in [0.717, 1.165) is 16.6 Å². The van der Waals surface area contributed by atoms with Crippen LogP contribution in [0.25, 0.3) is 11.0 Å². The largest absolute Gasteiger partial charge is 0.435 e. The molecule has 122 valence electrons. The molecule has 0 saturated carbocycles. The minimum absolute atomic E-state index is 0.0929. The van der Waals surface area contributed by atoms with E-state index >= 15 is 0 Å². The highest BCUT2D eigenvalue weighted by Gasteiger charge is 2.25. The molecule has 1 aliphatic rings. The lowest BCUT2D eigenvalue weighted by Crippen LogP contribution is -2.31. The van der Waals surface area contributed by atoms with Crippen molar-refractivity contribution in [2.45, 2.75) is 12.8 Å². The van der Waals surface area contributed by atoms with Crippen molar-refractivity contribution in [3.8, 4) is 5.75 Å². The summed E-state index contributed by atoms with van der Waals surface area (Å²) in [4.78, 5) is 8.93. The van der Waals surface area contributed by atoms with Crippen LogP contribution in [0.1, 0.15) is 11.7 Å². The number of rotatable bonds is 3. The number of halogens is 2. The summed E-state index contributed by atoms with van der Waals surface area (Å²) in [5.41, 5.74) is 8.35. The van der Waals surface area contributed by atoms with Crippen molar-refractivity contribution < 1.29 is 13.5 Å². The zero-order valence-corrected chi connectivity index (χ0v) is 12.4. The van der Waals surface area contributed by atoms with Crippen LogP contribution in [-0.4, -0.2) is 22.1 Å². The molecule has 1 unspecified atom stereocenters. The van der Waals surface area contributed by atoms with Gasteiger partial charge in [-0.1, -0.05) is 24.3 Å². The average molecular weight is 329 g/mol. The fourth-order valence-electron chi connectivity index (χ4n) is 2.76. The Hall–Kier alpha value is -3.16. The normalized spacial score (nSPS) is 16.6. The first-order valence-electron chi connectivity index (χ1n) is 7.24. The van der Waals surface area contributed by atoms with Crippen molar-refractivity contribution in [2.24, 2.45) is 10.7 Å². The summed E-state index contributed by atoms with van der Waals surface area (Å²) in [6.07, 6.45) is -0.436. The Morgan fingerprint density at radius 3 is 2.62 bits per heavy atom. The van der Waals surface area contributed by atoms with Gasteiger partial charge in [-0.25, -0.2) is 9.98 Å². The quantitative estimate of drug-likeness (QED) is 0.774. The molecule has 2 aromatic carbocycles. The summed E-state index contributed by atoms with van der Waals surface area (Å²) in [6, 6.07) is 14.0. The van der Waals surface area contributed by atoms with Crippen LogP contribution in [0.3, 0.4) is 0 Å². The molecule has 4 rings (SSSR count). The highest BCUT2D eigenvalue weighted by Crippen LogP contribution is 2.32. The monoisotopic (exact) mass is 329 g/mol. The topological polar surface area (TPSA) is 77.5 Å². The van der Waals surface area contributed by atoms with Crippen molar-refractivity contribution >= 4 is 22.9 Å². The third-order valence-corrected chi connectivity index (χ3v) is 3.75. The summed E-state index contributed by atoms with van der Waals surface area (Å²) in [5, 5.41) is 2.94. The first kappa shape index (κ1) is 14.4. The molecule has 8 heteroatoms. The number of aliphatic imine (C=N–C) groups is 1. The molecule has 0 bridgehead atoms. The number of ether oxygens (including phenoxy) is 1. The number of anilines is 1.